The number of anilines is 1. The van der Waals surface area contributed by atoms with Crippen LogP contribution in [-0.4, -0.2) is 16.4 Å². The molecule has 0 saturated heterocycles. The molecule has 2 rings (SSSR count). The van der Waals surface area contributed by atoms with Crippen molar-refractivity contribution in [2.45, 2.75) is 37.6 Å². The monoisotopic (exact) mass is 297 g/mol. The van der Waals surface area contributed by atoms with E-state index in [9.17, 15) is 14.9 Å². The van der Waals surface area contributed by atoms with E-state index in [2.05, 4.69) is 5.32 Å². The van der Waals surface area contributed by atoms with Crippen LogP contribution in [0.2, 0.25) is 5.02 Å². The van der Waals surface area contributed by atoms with Crippen molar-refractivity contribution in [1.82, 2.24) is 0 Å². The Bertz CT molecular complexity index is 542. The van der Waals surface area contributed by atoms with Crippen LogP contribution in [0.5, 0.6) is 0 Å². The van der Waals surface area contributed by atoms with Crippen LogP contribution in [0.25, 0.3) is 0 Å². The van der Waals surface area contributed by atoms with E-state index >= 15 is 0 Å². The lowest BCUT2D eigenvalue weighted by Crippen LogP contribution is -2.52. The van der Waals surface area contributed by atoms with Crippen LogP contribution >= 0.6 is 11.6 Å². The number of carbonyl (C=O) groups excluding carboxylic acids is 1. The highest BCUT2D eigenvalue weighted by Crippen LogP contribution is 2.30. The molecule has 1 fully saturated rings. The van der Waals surface area contributed by atoms with E-state index in [0.29, 0.717) is 12.8 Å². The Morgan fingerprint density at radius 2 is 2.00 bits per heavy atom. The van der Waals surface area contributed by atoms with Crippen molar-refractivity contribution in [3.8, 4) is 0 Å². The van der Waals surface area contributed by atoms with Crippen LogP contribution in [0.3, 0.4) is 0 Å². The number of nitro groups is 1. The third-order valence-electron chi connectivity index (χ3n) is 3.61. The van der Waals surface area contributed by atoms with E-state index in [4.69, 9.17) is 17.3 Å². The smallest absolute Gasteiger partial charge is 0.271 e. The Hall–Kier alpha value is -1.66. The third kappa shape index (κ3) is 3.08. The first-order valence-electron chi connectivity index (χ1n) is 6.47. The number of hydrogen-bond acceptors (Lipinski definition) is 4. The average Bonchev–Trinajstić information content (AvgIpc) is 2.41. The number of benzene rings is 1. The number of nitrogens with one attached hydrogen (secondary N) is 1. The van der Waals surface area contributed by atoms with E-state index in [1.54, 1.807) is 0 Å². The maximum absolute atomic E-state index is 12.3. The SMILES string of the molecule is NC1(C(=O)Nc2cc([N+](=O)[O-])ccc2Cl)CCCCC1. The second kappa shape index (κ2) is 5.76. The molecule has 1 amide bonds. The van der Waals surface area contributed by atoms with Gasteiger partial charge < -0.3 is 11.1 Å². The topological polar surface area (TPSA) is 98.3 Å². The fourth-order valence-corrected chi connectivity index (χ4v) is 2.54. The lowest BCUT2D eigenvalue weighted by atomic mass is 9.82. The molecule has 0 radical (unpaired) electrons. The third-order valence-corrected chi connectivity index (χ3v) is 3.94. The summed E-state index contributed by atoms with van der Waals surface area (Å²) < 4.78 is 0. The number of amides is 1. The van der Waals surface area contributed by atoms with Gasteiger partial charge in [-0.3, -0.25) is 14.9 Å². The first-order valence-corrected chi connectivity index (χ1v) is 6.84. The average molecular weight is 298 g/mol. The van der Waals surface area contributed by atoms with Crippen LogP contribution in [0, 0.1) is 10.1 Å². The second-order valence-corrected chi connectivity index (χ2v) is 5.50. The zero-order chi connectivity index (χ0) is 14.8. The number of carbonyl (C=O) groups is 1. The van der Waals surface area contributed by atoms with Crippen LogP contribution in [0.15, 0.2) is 18.2 Å². The highest BCUT2D eigenvalue weighted by Gasteiger charge is 2.35. The van der Waals surface area contributed by atoms with E-state index in [0.717, 1.165) is 19.3 Å². The van der Waals surface area contributed by atoms with Crippen LogP contribution in [0.1, 0.15) is 32.1 Å². The molecule has 1 aliphatic carbocycles. The van der Waals surface area contributed by atoms with Crippen molar-refractivity contribution in [3.05, 3.63) is 33.3 Å². The fraction of sp³-hybridized carbons (Fsp3) is 0.462. The molecule has 0 aromatic heterocycles. The zero-order valence-corrected chi connectivity index (χ0v) is 11.7. The van der Waals surface area contributed by atoms with Crippen LogP contribution in [-0.2, 0) is 4.79 Å². The largest absolute Gasteiger partial charge is 0.323 e. The van der Waals surface area contributed by atoms with Gasteiger partial charge in [-0.1, -0.05) is 30.9 Å². The van der Waals surface area contributed by atoms with Crippen LogP contribution in [0.4, 0.5) is 11.4 Å². The summed E-state index contributed by atoms with van der Waals surface area (Å²) in [4.78, 5) is 22.5. The van der Waals surface area contributed by atoms with Crippen molar-refractivity contribution in [2.24, 2.45) is 5.73 Å². The molecule has 1 aliphatic rings. The van der Waals surface area contributed by atoms with Gasteiger partial charge in [0.05, 0.1) is 21.2 Å². The van der Waals surface area contributed by atoms with Gasteiger partial charge in [-0.25, -0.2) is 0 Å². The van der Waals surface area contributed by atoms with Gasteiger partial charge in [-0.2, -0.15) is 0 Å². The summed E-state index contributed by atoms with van der Waals surface area (Å²) in [5.41, 5.74) is 5.30. The van der Waals surface area contributed by atoms with E-state index in [-0.39, 0.29) is 22.3 Å². The van der Waals surface area contributed by atoms with Crippen molar-refractivity contribution in [2.75, 3.05) is 5.32 Å². The van der Waals surface area contributed by atoms with Gasteiger partial charge in [0.2, 0.25) is 5.91 Å². The first kappa shape index (κ1) is 14.7. The summed E-state index contributed by atoms with van der Waals surface area (Å²) >= 11 is 5.95. The minimum atomic E-state index is -0.911. The molecule has 0 spiro atoms. The van der Waals surface area contributed by atoms with Gasteiger partial charge in [-0.05, 0) is 18.9 Å². The van der Waals surface area contributed by atoms with E-state index in [1.807, 2.05) is 0 Å². The zero-order valence-electron chi connectivity index (χ0n) is 10.9. The Morgan fingerprint density at radius 3 is 2.60 bits per heavy atom. The van der Waals surface area contributed by atoms with Crippen molar-refractivity contribution in [1.29, 1.82) is 0 Å². The minimum absolute atomic E-state index is 0.126. The summed E-state index contributed by atoms with van der Waals surface area (Å²) in [6.07, 6.45) is 4.12. The minimum Gasteiger partial charge on any atom is -0.323 e. The molecule has 6 nitrogen and oxygen atoms in total. The number of non-ortho nitro benzene ring substituents is 1. The molecular formula is C13H16ClN3O3. The Balaban J connectivity index is 2.18. The van der Waals surface area contributed by atoms with Gasteiger partial charge in [0.15, 0.2) is 0 Å². The van der Waals surface area contributed by atoms with Crippen molar-refractivity contribution < 1.29 is 9.72 Å². The number of nitrogens with zero attached hydrogens (tertiary/aromatic N) is 1. The van der Waals surface area contributed by atoms with Gasteiger partial charge in [-0.15, -0.1) is 0 Å². The predicted molar refractivity (Wildman–Crippen MR) is 76.7 cm³/mol. The highest BCUT2D eigenvalue weighted by molar-refractivity contribution is 6.33. The standard InChI is InChI=1S/C13H16ClN3O3/c14-10-5-4-9(17(19)20)8-11(10)16-12(18)13(15)6-2-1-3-7-13/h4-5,8H,1-3,6-7,15H2,(H,16,18). The van der Waals surface area contributed by atoms with Gasteiger partial charge >= 0.3 is 0 Å². The van der Waals surface area contributed by atoms with Gasteiger partial charge in [0.25, 0.3) is 5.69 Å². The molecular weight excluding hydrogens is 282 g/mol. The summed E-state index contributed by atoms with van der Waals surface area (Å²) in [5, 5.41) is 13.6. The summed E-state index contributed by atoms with van der Waals surface area (Å²) in [5.74, 6) is -0.334. The van der Waals surface area contributed by atoms with Crippen molar-refractivity contribution >= 4 is 28.9 Å². The van der Waals surface area contributed by atoms with Crippen LogP contribution < -0.4 is 11.1 Å². The number of hydrogen-bond donors (Lipinski definition) is 2. The number of rotatable bonds is 3. The molecule has 0 atom stereocenters. The normalized spacial score (nSPS) is 17.5. The summed E-state index contributed by atoms with van der Waals surface area (Å²) in [7, 11) is 0. The lowest BCUT2D eigenvalue weighted by Gasteiger charge is -2.31. The molecule has 7 heteroatoms. The first-order chi connectivity index (χ1) is 9.42. The molecule has 1 aromatic rings. The molecule has 0 bridgehead atoms. The fourth-order valence-electron chi connectivity index (χ4n) is 2.38. The van der Waals surface area contributed by atoms with E-state index in [1.165, 1.54) is 18.2 Å². The molecule has 0 unspecified atom stereocenters. The lowest BCUT2D eigenvalue weighted by molar-refractivity contribution is -0.384. The second-order valence-electron chi connectivity index (χ2n) is 5.09. The molecule has 1 aromatic carbocycles. The molecule has 0 heterocycles. The summed E-state index contributed by atoms with van der Waals surface area (Å²) in [6.45, 7) is 0. The molecule has 3 N–H and O–H groups in total. The maximum Gasteiger partial charge on any atom is 0.271 e. The van der Waals surface area contributed by atoms with E-state index < -0.39 is 10.5 Å². The Labute approximate surface area is 121 Å². The molecule has 108 valence electrons. The quantitative estimate of drug-likeness (QED) is 0.662. The van der Waals surface area contributed by atoms with Crippen molar-refractivity contribution in [3.63, 3.8) is 0 Å². The predicted octanol–water partition coefficient (Wildman–Crippen LogP) is 2.85. The number of nitro benzene ring substituents is 1. The maximum atomic E-state index is 12.3. The number of halogens is 1. The molecule has 20 heavy (non-hydrogen) atoms. The summed E-state index contributed by atoms with van der Waals surface area (Å²) in [6, 6.07) is 3.92. The van der Waals surface area contributed by atoms with Gasteiger partial charge in [0, 0.05) is 12.1 Å². The Kier molecular flexibility index (Phi) is 4.25. The number of nitrogens with two attached hydrogens (primary N) is 1. The van der Waals surface area contributed by atoms with Gasteiger partial charge in [0.1, 0.15) is 0 Å². The molecule has 0 aliphatic heterocycles. The molecule has 1 saturated carbocycles. The highest BCUT2D eigenvalue weighted by atomic mass is 35.5. The Morgan fingerprint density at radius 1 is 1.35 bits per heavy atom.